The van der Waals surface area contributed by atoms with Crippen molar-refractivity contribution in [1.82, 2.24) is 9.97 Å². The maximum absolute atomic E-state index is 11.8. The minimum Gasteiger partial charge on any atom is -0.478 e. The zero-order chi connectivity index (χ0) is 15.4. The molecule has 1 aromatic carbocycles. The number of H-pyrrole nitrogens is 1. The third-order valence-corrected chi connectivity index (χ3v) is 4.06. The first kappa shape index (κ1) is 15.3. The van der Waals surface area contributed by atoms with Crippen LogP contribution in [0.3, 0.4) is 0 Å². The molecule has 0 aliphatic heterocycles. The molecule has 0 aliphatic carbocycles. The Morgan fingerprint density at radius 2 is 2.19 bits per heavy atom. The Balaban J connectivity index is 2.17. The first-order valence-corrected chi connectivity index (χ1v) is 7.54. The molecular weight excluding hydrogens is 288 g/mol. The summed E-state index contributed by atoms with van der Waals surface area (Å²) in [6, 6.07) is 6.74. The molecule has 0 radical (unpaired) electrons. The van der Waals surface area contributed by atoms with Gasteiger partial charge >= 0.3 is 5.97 Å². The third-order valence-electron chi connectivity index (χ3n) is 3.11. The second-order valence-electron chi connectivity index (χ2n) is 4.59. The van der Waals surface area contributed by atoms with Gasteiger partial charge in [0.2, 0.25) is 0 Å². The summed E-state index contributed by atoms with van der Waals surface area (Å²) in [5.74, 6) is -0.395. The lowest BCUT2D eigenvalue weighted by Gasteiger charge is -2.06. The van der Waals surface area contributed by atoms with Crippen molar-refractivity contribution in [3.05, 3.63) is 57.0 Å². The first-order valence-electron chi connectivity index (χ1n) is 6.56. The van der Waals surface area contributed by atoms with E-state index < -0.39 is 5.97 Å². The smallest absolute Gasteiger partial charge is 0.335 e. The van der Waals surface area contributed by atoms with E-state index in [1.807, 2.05) is 13.0 Å². The van der Waals surface area contributed by atoms with Gasteiger partial charge in [-0.3, -0.25) is 4.79 Å². The van der Waals surface area contributed by atoms with Crippen molar-refractivity contribution >= 4 is 17.7 Å². The number of benzene rings is 1. The van der Waals surface area contributed by atoms with Gasteiger partial charge in [-0.05, 0) is 31.0 Å². The van der Waals surface area contributed by atoms with E-state index in [1.54, 1.807) is 25.1 Å². The summed E-state index contributed by atoms with van der Waals surface area (Å²) in [6.07, 6.45) is 0.706. The van der Waals surface area contributed by atoms with Crippen LogP contribution in [-0.2, 0) is 12.2 Å². The summed E-state index contributed by atoms with van der Waals surface area (Å²) < 4.78 is 0. The van der Waals surface area contributed by atoms with Crippen molar-refractivity contribution in [3.63, 3.8) is 0 Å². The summed E-state index contributed by atoms with van der Waals surface area (Å²) in [7, 11) is 0. The molecule has 0 saturated heterocycles. The van der Waals surface area contributed by atoms with Crippen LogP contribution in [-0.4, -0.2) is 21.0 Å². The van der Waals surface area contributed by atoms with E-state index in [1.165, 1.54) is 11.8 Å². The number of aromatic amines is 1. The van der Waals surface area contributed by atoms with E-state index in [-0.39, 0.29) is 11.1 Å². The average molecular weight is 304 g/mol. The molecule has 0 bridgehead atoms. The SMILES string of the molecule is CCc1nc(SCc2cccc(C(=O)O)c2)[nH]c(=O)c1C. The second-order valence-corrected chi connectivity index (χ2v) is 5.55. The summed E-state index contributed by atoms with van der Waals surface area (Å²) >= 11 is 1.39. The van der Waals surface area contributed by atoms with Crippen molar-refractivity contribution in [2.45, 2.75) is 31.2 Å². The van der Waals surface area contributed by atoms with E-state index in [0.717, 1.165) is 11.3 Å². The number of rotatable bonds is 5. The maximum Gasteiger partial charge on any atom is 0.335 e. The van der Waals surface area contributed by atoms with Gasteiger partial charge < -0.3 is 10.1 Å². The zero-order valence-corrected chi connectivity index (χ0v) is 12.7. The summed E-state index contributed by atoms with van der Waals surface area (Å²) in [4.78, 5) is 29.9. The fourth-order valence-corrected chi connectivity index (χ4v) is 2.74. The van der Waals surface area contributed by atoms with Gasteiger partial charge in [0.25, 0.3) is 5.56 Å². The van der Waals surface area contributed by atoms with Crippen LogP contribution in [0.4, 0.5) is 0 Å². The number of nitrogens with one attached hydrogen (secondary N) is 1. The lowest BCUT2D eigenvalue weighted by molar-refractivity contribution is 0.0697. The third kappa shape index (κ3) is 3.72. The fraction of sp³-hybridized carbons (Fsp3) is 0.267. The number of nitrogens with zero attached hydrogens (tertiary/aromatic N) is 1. The van der Waals surface area contributed by atoms with Gasteiger partial charge in [-0.15, -0.1) is 0 Å². The first-order chi connectivity index (χ1) is 10.0. The molecule has 0 spiro atoms. The molecule has 0 unspecified atom stereocenters. The lowest BCUT2D eigenvalue weighted by atomic mass is 10.1. The molecular formula is C15H16N2O3S. The number of aromatic nitrogens is 2. The summed E-state index contributed by atoms with van der Waals surface area (Å²) in [5, 5.41) is 9.52. The predicted octanol–water partition coefficient (Wildman–Crippen LogP) is 2.63. The molecule has 0 atom stereocenters. The van der Waals surface area contributed by atoms with Gasteiger partial charge in [0.15, 0.2) is 5.16 Å². The zero-order valence-electron chi connectivity index (χ0n) is 11.8. The summed E-state index contributed by atoms with van der Waals surface area (Å²) in [6.45, 7) is 3.72. The highest BCUT2D eigenvalue weighted by molar-refractivity contribution is 7.98. The largest absolute Gasteiger partial charge is 0.478 e. The highest BCUT2D eigenvalue weighted by atomic mass is 32.2. The van der Waals surface area contributed by atoms with Crippen LogP contribution in [0.5, 0.6) is 0 Å². The molecule has 1 aromatic heterocycles. The molecule has 2 rings (SSSR count). The number of hydrogen-bond donors (Lipinski definition) is 2. The molecule has 0 saturated carbocycles. The molecule has 0 amide bonds. The molecule has 6 heteroatoms. The molecule has 0 fully saturated rings. The highest BCUT2D eigenvalue weighted by Crippen LogP contribution is 2.20. The van der Waals surface area contributed by atoms with Crippen LogP contribution in [0.25, 0.3) is 0 Å². The van der Waals surface area contributed by atoms with Crippen molar-refractivity contribution in [2.75, 3.05) is 0 Å². The van der Waals surface area contributed by atoms with Gasteiger partial charge in [-0.1, -0.05) is 30.8 Å². The van der Waals surface area contributed by atoms with Crippen LogP contribution < -0.4 is 5.56 Å². The Morgan fingerprint density at radius 3 is 2.86 bits per heavy atom. The van der Waals surface area contributed by atoms with Crippen LogP contribution >= 0.6 is 11.8 Å². The number of carbonyl (C=O) groups is 1. The number of aromatic carboxylic acids is 1. The van der Waals surface area contributed by atoms with Crippen LogP contribution in [0, 0.1) is 6.92 Å². The number of aryl methyl sites for hydroxylation is 1. The van der Waals surface area contributed by atoms with E-state index in [0.29, 0.717) is 22.9 Å². The van der Waals surface area contributed by atoms with Gasteiger partial charge in [-0.2, -0.15) is 0 Å². The Morgan fingerprint density at radius 1 is 1.43 bits per heavy atom. The van der Waals surface area contributed by atoms with Crippen LogP contribution in [0.15, 0.2) is 34.2 Å². The Kier molecular flexibility index (Phi) is 4.80. The van der Waals surface area contributed by atoms with E-state index in [9.17, 15) is 9.59 Å². The normalized spacial score (nSPS) is 10.6. The predicted molar refractivity (Wildman–Crippen MR) is 81.9 cm³/mol. The number of thioether (sulfide) groups is 1. The van der Waals surface area contributed by atoms with Crippen molar-refractivity contribution < 1.29 is 9.90 Å². The second kappa shape index (κ2) is 6.58. The number of carboxylic acid groups (broad SMARTS) is 1. The molecule has 110 valence electrons. The quantitative estimate of drug-likeness (QED) is 0.655. The van der Waals surface area contributed by atoms with Crippen molar-refractivity contribution in [3.8, 4) is 0 Å². The topological polar surface area (TPSA) is 83.0 Å². The Labute approximate surface area is 126 Å². The minimum absolute atomic E-state index is 0.122. The van der Waals surface area contributed by atoms with Gasteiger partial charge in [0.05, 0.1) is 11.3 Å². The monoisotopic (exact) mass is 304 g/mol. The molecule has 2 N–H and O–H groups in total. The van der Waals surface area contributed by atoms with Crippen molar-refractivity contribution in [1.29, 1.82) is 0 Å². The van der Waals surface area contributed by atoms with Crippen molar-refractivity contribution in [2.24, 2.45) is 0 Å². The number of carboxylic acids is 1. The molecule has 0 aliphatic rings. The molecule has 2 aromatic rings. The molecule has 1 heterocycles. The average Bonchev–Trinajstić information content (AvgIpc) is 2.48. The van der Waals surface area contributed by atoms with Gasteiger partial charge in [0.1, 0.15) is 0 Å². The van der Waals surface area contributed by atoms with E-state index in [4.69, 9.17) is 5.11 Å². The number of hydrogen-bond acceptors (Lipinski definition) is 4. The van der Waals surface area contributed by atoms with E-state index in [2.05, 4.69) is 9.97 Å². The summed E-state index contributed by atoms with van der Waals surface area (Å²) in [5.41, 5.74) is 2.45. The van der Waals surface area contributed by atoms with Gasteiger partial charge in [-0.25, -0.2) is 9.78 Å². The van der Waals surface area contributed by atoms with Gasteiger partial charge in [0, 0.05) is 11.3 Å². The van der Waals surface area contributed by atoms with Crippen LogP contribution in [0.1, 0.15) is 34.1 Å². The fourth-order valence-electron chi connectivity index (χ4n) is 1.91. The Hall–Kier alpha value is -2.08. The maximum atomic E-state index is 11.8. The van der Waals surface area contributed by atoms with Crippen LogP contribution in [0.2, 0.25) is 0 Å². The minimum atomic E-state index is -0.947. The lowest BCUT2D eigenvalue weighted by Crippen LogP contribution is -2.15. The molecule has 21 heavy (non-hydrogen) atoms. The standard InChI is InChI=1S/C15H16N2O3S/c1-3-12-9(2)13(18)17-15(16-12)21-8-10-5-4-6-11(7-10)14(19)20/h4-7H,3,8H2,1-2H3,(H,19,20)(H,16,17,18). The highest BCUT2D eigenvalue weighted by Gasteiger charge is 2.08. The van der Waals surface area contributed by atoms with E-state index >= 15 is 0 Å². The Bertz CT molecular complexity index is 725. The molecule has 5 nitrogen and oxygen atoms in total.